The molecule has 1 amide bonds. The molecule has 0 bridgehead atoms. The molecule has 2 aromatic heterocycles. The Morgan fingerprint density at radius 1 is 1.17 bits per heavy atom. The number of rotatable bonds is 4. The van der Waals surface area contributed by atoms with E-state index in [1.54, 1.807) is 12.5 Å². The van der Waals surface area contributed by atoms with Crippen molar-refractivity contribution in [1.82, 2.24) is 14.8 Å². The average molecular weight is 325 g/mol. The molecule has 24 heavy (non-hydrogen) atoms. The van der Waals surface area contributed by atoms with Gasteiger partial charge < -0.3 is 9.32 Å². The first-order valence-electron chi connectivity index (χ1n) is 8.68. The van der Waals surface area contributed by atoms with E-state index in [0.717, 1.165) is 56.8 Å². The molecule has 5 nitrogen and oxygen atoms in total. The molecule has 1 unspecified atom stereocenters. The van der Waals surface area contributed by atoms with Crippen LogP contribution in [0.4, 0.5) is 0 Å². The summed E-state index contributed by atoms with van der Waals surface area (Å²) >= 11 is 0. The summed E-state index contributed by atoms with van der Waals surface area (Å²) in [4.78, 5) is 21.6. The molecule has 0 aliphatic carbocycles. The SMILES string of the molecule is O=C1N(Cc2cccnc2)CCC12CCCN(Cc1ccco1)C2. The van der Waals surface area contributed by atoms with Crippen molar-refractivity contribution >= 4 is 5.91 Å². The smallest absolute Gasteiger partial charge is 0.230 e. The van der Waals surface area contributed by atoms with Crippen LogP contribution in [0.3, 0.4) is 0 Å². The summed E-state index contributed by atoms with van der Waals surface area (Å²) < 4.78 is 5.47. The Morgan fingerprint density at radius 3 is 2.92 bits per heavy atom. The lowest BCUT2D eigenvalue weighted by Gasteiger charge is -2.38. The van der Waals surface area contributed by atoms with Gasteiger partial charge in [-0.2, -0.15) is 0 Å². The number of nitrogens with zero attached hydrogens (tertiary/aromatic N) is 3. The maximum absolute atomic E-state index is 13.1. The van der Waals surface area contributed by atoms with E-state index in [9.17, 15) is 4.79 Å². The molecular weight excluding hydrogens is 302 g/mol. The van der Waals surface area contributed by atoms with Gasteiger partial charge in [-0.15, -0.1) is 0 Å². The summed E-state index contributed by atoms with van der Waals surface area (Å²) in [5.74, 6) is 1.29. The van der Waals surface area contributed by atoms with Crippen molar-refractivity contribution in [2.45, 2.75) is 32.4 Å². The Bertz CT molecular complexity index is 686. The van der Waals surface area contributed by atoms with Crippen molar-refractivity contribution in [3.63, 3.8) is 0 Å². The zero-order chi connectivity index (χ0) is 16.4. The molecule has 126 valence electrons. The lowest BCUT2D eigenvalue weighted by molar-refractivity contribution is -0.139. The van der Waals surface area contributed by atoms with Gasteiger partial charge >= 0.3 is 0 Å². The van der Waals surface area contributed by atoms with Gasteiger partial charge in [0.05, 0.1) is 18.2 Å². The summed E-state index contributed by atoms with van der Waals surface area (Å²) in [7, 11) is 0. The molecule has 2 fully saturated rings. The van der Waals surface area contributed by atoms with Crippen LogP contribution in [0.5, 0.6) is 0 Å². The molecule has 2 aromatic rings. The molecule has 5 heteroatoms. The van der Waals surface area contributed by atoms with Crippen molar-refractivity contribution in [2.24, 2.45) is 5.41 Å². The van der Waals surface area contributed by atoms with Crippen LogP contribution in [-0.4, -0.2) is 40.3 Å². The first-order chi connectivity index (χ1) is 11.8. The molecule has 0 N–H and O–H groups in total. The maximum atomic E-state index is 13.1. The maximum Gasteiger partial charge on any atom is 0.230 e. The van der Waals surface area contributed by atoms with E-state index >= 15 is 0 Å². The summed E-state index contributed by atoms with van der Waals surface area (Å²) in [5, 5.41) is 0. The summed E-state index contributed by atoms with van der Waals surface area (Å²) in [6.07, 6.45) is 8.37. The van der Waals surface area contributed by atoms with Gasteiger partial charge in [-0.1, -0.05) is 6.07 Å². The van der Waals surface area contributed by atoms with Gasteiger partial charge in [-0.3, -0.25) is 14.7 Å². The number of amides is 1. The van der Waals surface area contributed by atoms with Gasteiger partial charge in [-0.25, -0.2) is 0 Å². The van der Waals surface area contributed by atoms with Gasteiger partial charge in [0.2, 0.25) is 5.91 Å². The van der Waals surface area contributed by atoms with Crippen molar-refractivity contribution in [3.05, 3.63) is 54.2 Å². The van der Waals surface area contributed by atoms with Crippen LogP contribution in [0.2, 0.25) is 0 Å². The fourth-order valence-electron chi connectivity index (χ4n) is 4.12. The third-order valence-corrected chi connectivity index (χ3v) is 5.31. The molecule has 0 saturated carbocycles. The van der Waals surface area contributed by atoms with Gasteiger partial charge in [-0.05, 0) is 49.6 Å². The van der Waals surface area contributed by atoms with Gasteiger partial charge in [0, 0.05) is 32.0 Å². The predicted octanol–water partition coefficient (Wildman–Crippen LogP) is 2.69. The molecule has 2 aliphatic heterocycles. The quantitative estimate of drug-likeness (QED) is 0.867. The van der Waals surface area contributed by atoms with Crippen molar-refractivity contribution in [2.75, 3.05) is 19.6 Å². The van der Waals surface area contributed by atoms with Gasteiger partial charge in [0.15, 0.2) is 0 Å². The second kappa shape index (κ2) is 6.40. The number of hydrogen-bond acceptors (Lipinski definition) is 4. The van der Waals surface area contributed by atoms with E-state index in [2.05, 4.69) is 9.88 Å². The van der Waals surface area contributed by atoms with Crippen LogP contribution in [-0.2, 0) is 17.9 Å². The second-order valence-corrected chi connectivity index (χ2v) is 7.01. The largest absolute Gasteiger partial charge is 0.468 e. The normalized spacial score (nSPS) is 24.8. The van der Waals surface area contributed by atoms with E-state index in [0.29, 0.717) is 12.5 Å². The third-order valence-electron chi connectivity index (χ3n) is 5.31. The van der Waals surface area contributed by atoms with Crippen LogP contribution < -0.4 is 0 Å². The van der Waals surface area contributed by atoms with Crippen molar-refractivity contribution < 1.29 is 9.21 Å². The number of carbonyl (C=O) groups excluding carboxylic acids is 1. The molecule has 0 radical (unpaired) electrons. The van der Waals surface area contributed by atoms with E-state index in [-0.39, 0.29) is 5.41 Å². The minimum Gasteiger partial charge on any atom is -0.468 e. The Morgan fingerprint density at radius 2 is 2.12 bits per heavy atom. The Balaban J connectivity index is 1.44. The topological polar surface area (TPSA) is 49.6 Å². The lowest BCUT2D eigenvalue weighted by Crippen LogP contribution is -2.47. The van der Waals surface area contributed by atoms with E-state index in [1.807, 2.05) is 35.4 Å². The Kier molecular flexibility index (Phi) is 4.10. The highest BCUT2D eigenvalue weighted by Gasteiger charge is 2.48. The number of likely N-dealkylation sites (tertiary alicyclic amines) is 2. The van der Waals surface area contributed by atoms with Gasteiger partial charge in [0.25, 0.3) is 0 Å². The number of piperidine rings is 1. The fraction of sp³-hybridized carbons (Fsp3) is 0.474. The number of carbonyl (C=O) groups is 1. The highest BCUT2D eigenvalue weighted by Crippen LogP contribution is 2.41. The standard InChI is InChI=1S/C19H23N3O2/c23-18-19(7-10-22(18)13-16-4-1-8-20-12-16)6-3-9-21(15-19)14-17-5-2-11-24-17/h1-2,4-5,8,11-12H,3,6-7,9-10,13-15H2. The van der Waals surface area contributed by atoms with Crippen LogP contribution in [0.1, 0.15) is 30.6 Å². The average Bonchev–Trinajstić information content (AvgIpc) is 3.21. The molecule has 1 atom stereocenters. The minimum atomic E-state index is -0.201. The zero-order valence-electron chi connectivity index (χ0n) is 13.9. The second-order valence-electron chi connectivity index (χ2n) is 7.01. The van der Waals surface area contributed by atoms with Crippen LogP contribution >= 0.6 is 0 Å². The van der Waals surface area contributed by atoms with E-state index in [1.165, 1.54) is 0 Å². The number of pyridine rings is 1. The first kappa shape index (κ1) is 15.4. The molecule has 1 spiro atoms. The zero-order valence-corrected chi connectivity index (χ0v) is 13.9. The molecule has 2 aliphatic rings. The molecule has 4 heterocycles. The lowest BCUT2D eigenvalue weighted by atomic mass is 9.78. The summed E-state index contributed by atoms with van der Waals surface area (Å²) in [6, 6.07) is 7.89. The Hall–Kier alpha value is -2.14. The van der Waals surface area contributed by atoms with E-state index < -0.39 is 0 Å². The minimum absolute atomic E-state index is 0.201. The van der Waals surface area contributed by atoms with Crippen molar-refractivity contribution in [3.8, 4) is 0 Å². The first-order valence-corrected chi connectivity index (χ1v) is 8.68. The monoisotopic (exact) mass is 325 g/mol. The van der Waals surface area contributed by atoms with Crippen molar-refractivity contribution in [1.29, 1.82) is 0 Å². The van der Waals surface area contributed by atoms with Crippen LogP contribution in [0.25, 0.3) is 0 Å². The summed E-state index contributed by atoms with van der Waals surface area (Å²) in [5.41, 5.74) is 0.902. The van der Waals surface area contributed by atoms with E-state index in [4.69, 9.17) is 4.42 Å². The highest BCUT2D eigenvalue weighted by atomic mass is 16.3. The number of furan rings is 1. The number of hydrogen-bond donors (Lipinski definition) is 0. The fourth-order valence-corrected chi connectivity index (χ4v) is 4.12. The van der Waals surface area contributed by atoms with Crippen LogP contribution in [0, 0.1) is 5.41 Å². The number of aromatic nitrogens is 1. The molecule has 2 saturated heterocycles. The molecular formula is C19H23N3O2. The van der Waals surface area contributed by atoms with Crippen LogP contribution in [0.15, 0.2) is 47.3 Å². The Labute approximate surface area is 142 Å². The highest BCUT2D eigenvalue weighted by molar-refractivity contribution is 5.85. The molecule has 4 rings (SSSR count). The summed E-state index contributed by atoms with van der Waals surface area (Å²) in [6.45, 7) is 4.20. The predicted molar refractivity (Wildman–Crippen MR) is 89.9 cm³/mol. The molecule has 0 aromatic carbocycles. The van der Waals surface area contributed by atoms with Gasteiger partial charge in [0.1, 0.15) is 5.76 Å². The third kappa shape index (κ3) is 2.96.